The van der Waals surface area contributed by atoms with Crippen molar-refractivity contribution in [3.63, 3.8) is 0 Å². The highest BCUT2D eigenvalue weighted by Gasteiger charge is 2.33. The molecule has 158 valence electrons. The summed E-state index contributed by atoms with van der Waals surface area (Å²) >= 11 is 0. The van der Waals surface area contributed by atoms with Gasteiger partial charge in [-0.1, -0.05) is 74.5 Å². The molecule has 29 heavy (non-hydrogen) atoms. The molecule has 1 aliphatic rings. The zero-order chi connectivity index (χ0) is 20.1. The number of aliphatic hydroxyl groups is 1. The van der Waals surface area contributed by atoms with Gasteiger partial charge in [0.25, 0.3) is 0 Å². The molecule has 1 amide bonds. The average Bonchev–Trinajstić information content (AvgIpc) is 3.12. The van der Waals surface area contributed by atoms with Crippen molar-refractivity contribution in [1.82, 2.24) is 9.80 Å². The Balaban J connectivity index is 0.00000300. The summed E-state index contributed by atoms with van der Waals surface area (Å²) in [5.41, 5.74) is 2.20. The average molecular weight is 417 g/mol. The minimum Gasteiger partial charge on any atom is -0.392 e. The van der Waals surface area contributed by atoms with Crippen LogP contribution in [0.3, 0.4) is 0 Å². The Morgan fingerprint density at radius 2 is 1.62 bits per heavy atom. The van der Waals surface area contributed by atoms with Crippen molar-refractivity contribution in [1.29, 1.82) is 0 Å². The van der Waals surface area contributed by atoms with Crippen molar-refractivity contribution in [2.75, 3.05) is 26.7 Å². The number of rotatable bonds is 7. The number of hydrogen-bond acceptors (Lipinski definition) is 3. The number of halogens is 1. The number of benzene rings is 2. The maximum absolute atomic E-state index is 13.6. The number of β-amino-alcohol motifs (C(OH)–C–C–N with tert-alkyl or cyclic N) is 1. The van der Waals surface area contributed by atoms with Gasteiger partial charge in [-0.2, -0.15) is 0 Å². The van der Waals surface area contributed by atoms with Crippen molar-refractivity contribution in [3.8, 4) is 0 Å². The van der Waals surface area contributed by atoms with E-state index in [0.717, 1.165) is 30.6 Å². The first-order chi connectivity index (χ1) is 13.5. The Morgan fingerprint density at radius 1 is 1.07 bits per heavy atom. The van der Waals surface area contributed by atoms with Crippen LogP contribution in [0.5, 0.6) is 0 Å². The molecule has 1 aliphatic heterocycles. The molecule has 3 atom stereocenters. The summed E-state index contributed by atoms with van der Waals surface area (Å²) in [5.74, 6) is 0.193. The van der Waals surface area contributed by atoms with E-state index in [2.05, 4.69) is 30.9 Å². The van der Waals surface area contributed by atoms with Crippen LogP contribution in [0.4, 0.5) is 0 Å². The zero-order valence-electron chi connectivity index (χ0n) is 17.6. The summed E-state index contributed by atoms with van der Waals surface area (Å²) in [6.07, 6.45) is 0.544. The molecule has 3 rings (SSSR count). The predicted octanol–water partition coefficient (Wildman–Crippen LogP) is 4.11. The van der Waals surface area contributed by atoms with Crippen LogP contribution in [0.2, 0.25) is 0 Å². The SMILES string of the molecule is CC(C)C(C(=O)N(C)[C@H](CN1CC[C@H](O)C1)c1ccccc1)c1ccccc1.Cl. The molecular formula is C24H33ClN2O2. The van der Waals surface area contributed by atoms with Crippen LogP contribution < -0.4 is 0 Å². The fourth-order valence-corrected chi connectivity index (χ4v) is 4.20. The Labute approximate surface area is 180 Å². The quantitative estimate of drug-likeness (QED) is 0.738. The van der Waals surface area contributed by atoms with Gasteiger partial charge in [0.05, 0.1) is 18.1 Å². The fraction of sp³-hybridized carbons (Fsp3) is 0.458. The highest BCUT2D eigenvalue weighted by molar-refractivity contribution is 5.85. The van der Waals surface area contributed by atoms with Gasteiger partial charge in [0.15, 0.2) is 0 Å². The number of aliphatic hydroxyl groups excluding tert-OH is 1. The van der Waals surface area contributed by atoms with Gasteiger partial charge in [-0.25, -0.2) is 0 Å². The van der Waals surface area contributed by atoms with E-state index in [1.54, 1.807) is 0 Å². The van der Waals surface area contributed by atoms with Gasteiger partial charge in [-0.3, -0.25) is 9.69 Å². The Morgan fingerprint density at radius 3 is 2.10 bits per heavy atom. The number of likely N-dealkylation sites (tertiary alicyclic amines) is 1. The summed E-state index contributed by atoms with van der Waals surface area (Å²) in [4.78, 5) is 17.8. The summed E-state index contributed by atoms with van der Waals surface area (Å²) in [6.45, 7) is 6.51. The molecule has 4 nitrogen and oxygen atoms in total. The van der Waals surface area contributed by atoms with E-state index in [9.17, 15) is 9.90 Å². The number of likely N-dealkylation sites (N-methyl/N-ethyl adjacent to an activating group) is 1. The Kier molecular flexibility index (Phi) is 8.69. The monoisotopic (exact) mass is 416 g/mol. The van der Waals surface area contributed by atoms with E-state index < -0.39 is 0 Å². The lowest BCUT2D eigenvalue weighted by atomic mass is 9.86. The van der Waals surface area contributed by atoms with Crippen LogP contribution >= 0.6 is 12.4 Å². The van der Waals surface area contributed by atoms with E-state index >= 15 is 0 Å². The lowest BCUT2D eigenvalue weighted by Crippen LogP contribution is -2.42. The molecule has 0 aliphatic carbocycles. The van der Waals surface area contributed by atoms with E-state index in [-0.39, 0.29) is 42.3 Å². The lowest BCUT2D eigenvalue weighted by Gasteiger charge is -2.35. The lowest BCUT2D eigenvalue weighted by molar-refractivity contribution is -0.135. The molecular weight excluding hydrogens is 384 g/mol. The van der Waals surface area contributed by atoms with Crippen LogP contribution in [0.1, 0.15) is 43.4 Å². The number of amides is 1. The Hall–Kier alpha value is -1.88. The third kappa shape index (κ3) is 5.81. The minimum atomic E-state index is -0.259. The van der Waals surface area contributed by atoms with E-state index in [0.29, 0.717) is 6.54 Å². The largest absolute Gasteiger partial charge is 0.392 e. The van der Waals surface area contributed by atoms with Crippen LogP contribution in [-0.4, -0.2) is 53.6 Å². The van der Waals surface area contributed by atoms with Gasteiger partial charge in [-0.15, -0.1) is 12.4 Å². The maximum atomic E-state index is 13.6. The third-order valence-corrected chi connectivity index (χ3v) is 5.77. The second-order valence-electron chi connectivity index (χ2n) is 8.21. The van der Waals surface area contributed by atoms with Crippen molar-refractivity contribution in [3.05, 3.63) is 71.8 Å². The molecule has 2 aromatic rings. The van der Waals surface area contributed by atoms with Crippen molar-refractivity contribution >= 4 is 18.3 Å². The molecule has 0 aromatic heterocycles. The molecule has 0 bridgehead atoms. The highest BCUT2D eigenvalue weighted by Crippen LogP contribution is 2.31. The first kappa shape index (κ1) is 23.4. The highest BCUT2D eigenvalue weighted by atomic mass is 35.5. The van der Waals surface area contributed by atoms with Gasteiger partial charge in [0.2, 0.25) is 5.91 Å². The molecule has 1 unspecified atom stereocenters. The van der Waals surface area contributed by atoms with Crippen molar-refractivity contribution < 1.29 is 9.90 Å². The number of carbonyl (C=O) groups is 1. The van der Waals surface area contributed by atoms with Crippen LogP contribution in [0.15, 0.2) is 60.7 Å². The standard InChI is InChI=1S/C24H32N2O2.ClH/c1-18(2)23(20-12-8-5-9-13-20)24(28)25(3)22(19-10-6-4-7-11-19)17-26-15-14-21(27)16-26;/h4-13,18,21-23,27H,14-17H2,1-3H3;1H/t21-,22+,23?;/m0./s1. The number of nitrogens with zero attached hydrogens (tertiary/aromatic N) is 2. The first-order valence-corrected chi connectivity index (χ1v) is 10.2. The normalized spacial score (nSPS) is 18.9. The van der Waals surface area contributed by atoms with Gasteiger partial charge >= 0.3 is 0 Å². The molecule has 1 N–H and O–H groups in total. The van der Waals surface area contributed by atoms with E-state index in [1.165, 1.54) is 0 Å². The molecule has 1 heterocycles. The van der Waals surface area contributed by atoms with Gasteiger partial charge in [0, 0.05) is 26.7 Å². The second-order valence-corrected chi connectivity index (χ2v) is 8.21. The van der Waals surface area contributed by atoms with Crippen molar-refractivity contribution in [2.24, 2.45) is 5.92 Å². The fourth-order valence-electron chi connectivity index (χ4n) is 4.20. The molecule has 5 heteroatoms. The summed E-state index contributed by atoms with van der Waals surface area (Å²) < 4.78 is 0. The van der Waals surface area contributed by atoms with Crippen LogP contribution in [0.25, 0.3) is 0 Å². The third-order valence-electron chi connectivity index (χ3n) is 5.77. The summed E-state index contributed by atoms with van der Waals surface area (Å²) in [7, 11) is 1.92. The zero-order valence-corrected chi connectivity index (χ0v) is 18.4. The van der Waals surface area contributed by atoms with E-state index in [1.807, 2.05) is 60.5 Å². The Bertz CT molecular complexity index is 754. The molecule has 1 saturated heterocycles. The molecule has 0 spiro atoms. The molecule has 1 fully saturated rings. The second kappa shape index (κ2) is 10.8. The maximum Gasteiger partial charge on any atom is 0.230 e. The summed E-state index contributed by atoms with van der Waals surface area (Å²) in [6, 6.07) is 20.3. The predicted molar refractivity (Wildman–Crippen MR) is 120 cm³/mol. The summed E-state index contributed by atoms with van der Waals surface area (Å²) in [5, 5.41) is 9.92. The van der Waals surface area contributed by atoms with E-state index in [4.69, 9.17) is 0 Å². The number of carbonyl (C=O) groups excluding carboxylic acids is 1. The molecule has 2 aromatic carbocycles. The first-order valence-electron chi connectivity index (χ1n) is 10.2. The van der Waals surface area contributed by atoms with Crippen LogP contribution in [-0.2, 0) is 4.79 Å². The van der Waals surface area contributed by atoms with Gasteiger partial charge < -0.3 is 10.0 Å². The van der Waals surface area contributed by atoms with Gasteiger partial charge in [0.1, 0.15) is 0 Å². The van der Waals surface area contributed by atoms with Gasteiger partial charge in [-0.05, 0) is 23.5 Å². The topological polar surface area (TPSA) is 43.8 Å². The molecule has 0 radical (unpaired) electrons. The smallest absolute Gasteiger partial charge is 0.230 e. The van der Waals surface area contributed by atoms with Crippen LogP contribution in [0, 0.1) is 5.92 Å². The number of hydrogen-bond donors (Lipinski definition) is 1. The molecule has 0 saturated carbocycles. The minimum absolute atomic E-state index is 0. The van der Waals surface area contributed by atoms with Crippen molar-refractivity contribution in [2.45, 2.75) is 38.3 Å².